The van der Waals surface area contributed by atoms with E-state index in [0.717, 1.165) is 11.3 Å². The monoisotopic (exact) mass is 364 g/mol. The quantitative estimate of drug-likeness (QED) is 0.699. The van der Waals surface area contributed by atoms with Crippen LogP contribution in [0.1, 0.15) is 18.1 Å². The normalized spacial score (nSPS) is 11.6. The van der Waals surface area contributed by atoms with E-state index in [4.69, 9.17) is 5.26 Å². The maximum atomic E-state index is 12.4. The van der Waals surface area contributed by atoms with Gasteiger partial charge in [0.1, 0.15) is 0 Å². The van der Waals surface area contributed by atoms with Crippen LogP contribution in [-0.2, 0) is 4.79 Å². The number of aromatic nitrogens is 4. The van der Waals surface area contributed by atoms with Crippen LogP contribution in [0.5, 0.6) is 0 Å². The van der Waals surface area contributed by atoms with Crippen molar-refractivity contribution in [1.82, 2.24) is 20.2 Å². The number of thioether (sulfide) groups is 1. The van der Waals surface area contributed by atoms with Crippen molar-refractivity contribution in [2.24, 2.45) is 0 Å². The summed E-state index contributed by atoms with van der Waals surface area (Å²) in [6.07, 6.45) is 0. The lowest BCUT2D eigenvalue weighted by atomic mass is 10.2. The molecule has 3 rings (SSSR count). The first-order chi connectivity index (χ1) is 12.6. The summed E-state index contributed by atoms with van der Waals surface area (Å²) in [6, 6.07) is 16.5. The van der Waals surface area contributed by atoms with Gasteiger partial charge in [-0.3, -0.25) is 4.79 Å². The predicted octanol–water partition coefficient (Wildman–Crippen LogP) is 2.96. The smallest absolute Gasteiger partial charge is 0.237 e. The summed E-state index contributed by atoms with van der Waals surface area (Å²) >= 11 is 1.28. The molecule has 0 unspecified atom stereocenters. The van der Waals surface area contributed by atoms with Gasteiger partial charge in [-0.15, -0.1) is 5.10 Å². The molecule has 2 aromatic carbocycles. The Morgan fingerprint density at radius 3 is 2.65 bits per heavy atom. The van der Waals surface area contributed by atoms with Crippen LogP contribution in [-0.4, -0.2) is 31.4 Å². The first kappa shape index (κ1) is 17.6. The van der Waals surface area contributed by atoms with Crippen LogP contribution in [0.4, 0.5) is 5.69 Å². The molecule has 1 heterocycles. The van der Waals surface area contributed by atoms with Gasteiger partial charge in [0.2, 0.25) is 11.1 Å². The van der Waals surface area contributed by atoms with E-state index < -0.39 is 5.25 Å². The molecule has 1 amide bonds. The second-order valence-corrected chi connectivity index (χ2v) is 6.91. The molecule has 0 saturated heterocycles. The number of carbonyl (C=O) groups is 1. The Bertz CT molecular complexity index is 960. The third-order valence-electron chi connectivity index (χ3n) is 3.72. The van der Waals surface area contributed by atoms with Gasteiger partial charge >= 0.3 is 0 Å². The Hall–Kier alpha value is -3.18. The highest BCUT2D eigenvalue weighted by Gasteiger charge is 2.20. The van der Waals surface area contributed by atoms with Gasteiger partial charge in [0.05, 0.1) is 22.6 Å². The molecule has 8 heteroatoms. The van der Waals surface area contributed by atoms with Crippen LogP contribution in [0.3, 0.4) is 0 Å². The molecule has 0 bridgehead atoms. The van der Waals surface area contributed by atoms with Crippen LogP contribution in [0.2, 0.25) is 0 Å². The molecule has 1 N–H and O–H groups in total. The van der Waals surface area contributed by atoms with Gasteiger partial charge in [-0.1, -0.05) is 30.0 Å². The topological polar surface area (TPSA) is 96.5 Å². The van der Waals surface area contributed by atoms with E-state index in [1.54, 1.807) is 35.9 Å². The Labute approximate surface area is 155 Å². The van der Waals surface area contributed by atoms with Gasteiger partial charge in [0.25, 0.3) is 0 Å². The van der Waals surface area contributed by atoms with Crippen LogP contribution >= 0.6 is 11.8 Å². The zero-order valence-corrected chi connectivity index (χ0v) is 15.1. The molecule has 0 saturated carbocycles. The number of nitrogens with zero attached hydrogens (tertiary/aromatic N) is 5. The number of hydrogen-bond acceptors (Lipinski definition) is 6. The fourth-order valence-corrected chi connectivity index (χ4v) is 3.09. The molecule has 26 heavy (non-hydrogen) atoms. The number of nitrogens with one attached hydrogen (secondary N) is 1. The predicted molar refractivity (Wildman–Crippen MR) is 99.0 cm³/mol. The van der Waals surface area contributed by atoms with Crippen molar-refractivity contribution in [2.75, 3.05) is 5.32 Å². The highest BCUT2D eigenvalue weighted by molar-refractivity contribution is 8.00. The van der Waals surface area contributed by atoms with Gasteiger partial charge in [-0.05, 0) is 60.2 Å². The van der Waals surface area contributed by atoms with Crippen LogP contribution < -0.4 is 5.32 Å². The summed E-state index contributed by atoms with van der Waals surface area (Å²) in [5.41, 5.74) is 3.10. The summed E-state index contributed by atoms with van der Waals surface area (Å²) < 4.78 is 1.63. The number of rotatable bonds is 5. The largest absolute Gasteiger partial charge is 0.325 e. The van der Waals surface area contributed by atoms with E-state index >= 15 is 0 Å². The average molecular weight is 364 g/mol. The Balaban J connectivity index is 1.71. The van der Waals surface area contributed by atoms with Gasteiger partial charge < -0.3 is 5.32 Å². The SMILES string of the molecule is Cc1ccccc1-n1nnnc1S[C@H](C)C(=O)Nc1ccc(C#N)cc1. The summed E-state index contributed by atoms with van der Waals surface area (Å²) in [7, 11) is 0. The first-order valence-electron chi connectivity index (χ1n) is 7.90. The lowest BCUT2D eigenvalue weighted by Crippen LogP contribution is -2.23. The minimum absolute atomic E-state index is 0.168. The summed E-state index contributed by atoms with van der Waals surface area (Å²) in [4.78, 5) is 12.4. The fraction of sp³-hybridized carbons (Fsp3) is 0.167. The second-order valence-electron chi connectivity index (χ2n) is 5.60. The number of nitriles is 1. The number of carbonyl (C=O) groups excluding carboxylic acids is 1. The molecular weight excluding hydrogens is 348 g/mol. The summed E-state index contributed by atoms with van der Waals surface area (Å²) in [5, 5.41) is 23.6. The minimum Gasteiger partial charge on any atom is -0.325 e. The lowest BCUT2D eigenvalue weighted by Gasteiger charge is -2.12. The molecule has 0 fully saturated rings. The van der Waals surface area contributed by atoms with E-state index in [1.807, 2.05) is 37.3 Å². The highest BCUT2D eigenvalue weighted by atomic mass is 32.2. The van der Waals surface area contributed by atoms with Gasteiger partial charge in [-0.2, -0.15) is 9.94 Å². The average Bonchev–Trinajstić information content (AvgIpc) is 3.10. The van der Waals surface area contributed by atoms with Crippen molar-refractivity contribution in [3.05, 3.63) is 59.7 Å². The van der Waals surface area contributed by atoms with Crippen molar-refractivity contribution in [3.8, 4) is 11.8 Å². The van der Waals surface area contributed by atoms with E-state index in [-0.39, 0.29) is 5.91 Å². The molecule has 0 aliphatic heterocycles. The van der Waals surface area contributed by atoms with E-state index in [2.05, 4.69) is 20.8 Å². The van der Waals surface area contributed by atoms with Gasteiger partial charge in [-0.25, -0.2) is 0 Å². The summed E-state index contributed by atoms with van der Waals surface area (Å²) in [5.74, 6) is -0.168. The molecule has 130 valence electrons. The molecule has 0 aliphatic carbocycles. The number of amides is 1. The number of hydrogen-bond donors (Lipinski definition) is 1. The molecule has 1 aromatic heterocycles. The number of para-hydroxylation sites is 1. The third-order valence-corrected chi connectivity index (χ3v) is 4.75. The number of tetrazole rings is 1. The van der Waals surface area contributed by atoms with E-state index in [9.17, 15) is 4.79 Å². The van der Waals surface area contributed by atoms with E-state index in [1.165, 1.54) is 11.8 Å². The van der Waals surface area contributed by atoms with Gasteiger partial charge in [0, 0.05) is 5.69 Å². The Kier molecular flexibility index (Phi) is 5.29. The molecule has 1 atom stereocenters. The van der Waals surface area contributed by atoms with Crippen molar-refractivity contribution >= 4 is 23.4 Å². The number of anilines is 1. The second kappa shape index (κ2) is 7.80. The van der Waals surface area contributed by atoms with Crippen LogP contribution in [0.25, 0.3) is 5.69 Å². The molecule has 7 nitrogen and oxygen atoms in total. The lowest BCUT2D eigenvalue weighted by molar-refractivity contribution is -0.115. The molecular formula is C18H16N6OS. The Morgan fingerprint density at radius 1 is 1.23 bits per heavy atom. The zero-order chi connectivity index (χ0) is 18.5. The number of aryl methyl sites for hydroxylation is 1. The molecule has 0 aliphatic rings. The zero-order valence-electron chi connectivity index (χ0n) is 14.2. The summed E-state index contributed by atoms with van der Waals surface area (Å²) in [6.45, 7) is 3.77. The van der Waals surface area contributed by atoms with Gasteiger partial charge in [0.15, 0.2) is 0 Å². The highest BCUT2D eigenvalue weighted by Crippen LogP contribution is 2.25. The fourth-order valence-electron chi connectivity index (χ4n) is 2.29. The van der Waals surface area contributed by atoms with Crippen molar-refractivity contribution in [3.63, 3.8) is 0 Å². The van der Waals surface area contributed by atoms with Crippen molar-refractivity contribution in [1.29, 1.82) is 5.26 Å². The standard InChI is InChI=1S/C18H16N6OS/c1-12-5-3-4-6-16(12)24-18(21-22-23-24)26-13(2)17(25)20-15-9-7-14(11-19)8-10-15/h3-10,13H,1-2H3,(H,20,25)/t13-/m1/s1. The minimum atomic E-state index is -0.403. The van der Waals surface area contributed by atoms with Crippen LogP contribution in [0.15, 0.2) is 53.7 Å². The van der Waals surface area contributed by atoms with Crippen molar-refractivity contribution < 1.29 is 4.79 Å². The maximum Gasteiger partial charge on any atom is 0.237 e. The van der Waals surface area contributed by atoms with Crippen LogP contribution in [0, 0.1) is 18.3 Å². The Morgan fingerprint density at radius 2 is 1.96 bits per heavy atom. The number of benzene rings is 2. The third kappa shape index (κ3) is 3.90. The maximum absolute atomic E-state index is 12.4. The molecule has 0 radical (unpaired) electrons. The first-order valence-corrected chi connectivity index (χ1v) is 8.78. The molecule has 3 aromatic rings. The molecule has 0 spiro atoms. The van der Waals surface area contributed by atoms with Crippen molar-refractivity contribution in [2.45, 2.75) is 24.3 Å². The van der Waals surface area contributed by atoms with E-state index in [0.29, 0.717) is 16.4 Å².